The molecule has 0 aliphatic carbocycles. The molecule has 0 fully saturated rings. The third kappa shape index (κ3) is 2.14. The minimum atomic E-state index is -0.311. The molecule has 54 valence electrons. The number of primary amides is 1. The summed E-state index contributed by atoms with van der Waals surface area (Å²) in [4.78, 5) is 10.4. The van der Waals surface area contributed by atoms with Gasteiger partial charge in [-0.25, -0.2) is 0 Å². The van der Waals surface area contributed by atoms with Crippen LogP contribution >= 0.6 is 11.9 Å². The fourth-order valence-electron chi connectivity index (χ4n) is 0.621. The summed E-state index contributed by atoms with van der Waals surface area (Å²) in [5.41, 5.74) is 5.83. The van der Waals surface area contributed by atoms with Crippen molar-refractivity contribution in [2.45, 2.75) is 6.42 Å². The number of nitrogens with one attached hydrogen (secondary N) is 1. The highest BCUT2D eigenvalue weighted by Crippen LogP contribution is 2.10. The third-order valence-corrected chi connectivity index (χ3v) is 1.67. The maximum Gasteiger partial charge on any atom is 0.223 e. The van der Waals surface area contributed by atoms with Crippen molar-refractivity contribution >= 4 is 17.9 Å². The lowest BCUT2D eigenvalue weighted by Gasteiger charge is -2.07. The molecule has 1 aliphatic rings. The van der Waals surface area contributed by atoms with Crippen molar-refractivity contribution in [3.8, 4) is 0 Å². The molecule has 0 atom stereocenters. The number of allylic oxidation sites excluding steroid dienone is 2. The lowest BCUT2D eigenvalue weighted by molar-refractivity contribution is -0.117. The SMILES string of the molecule is NC(=O)CC1=CC=CSN1. The normalized spacial score (nSPS) is 15.8. The van der Waals surface area contributed by atoms with Gasteiger partial charge in [-0.2, -0.15) is 0 Å². The van der Waals surface area contributed by atoms with Crippen LogP contribution in [-0.4, -0.2) is 5.91 Å². The zero-order valence-electron chi connectivity index (χ0n) is 5.33. The standard InChI is InChI=1S/C6H8N2OS/c7-6(9)4-5-2-1-3-10-8-5/h1-3,8H,4H2,(H2,7,9). The Hall–Kier alpha value is -0.900. The zero-order valence-corrected chi connectivity index (χ0v) is 6.15. The molecule has 0 aromatic rings. The molecule has 0 saturated heterocycles. The van der Waals surface area contributed by atoms with Crippen molar-refractivity contribution in [2.24, 2.45) is 5.73 Å². The van der Waals surface area contributed by atoms with Crippen LogP contribution in [0.3, 0.4) is 0 Å². The van der Waals surface area contributed by atoms with Gasteiger partial charge in [0, 0.05) is 5.70 Å². The van der Waals surface area contributed by atoms with Gasteiger partial charge in [0.05, 0.1) is 6.42 Å². The Morgan fingerprint density at radius 2 is 2.60 bits per heavy atom. The molecular formula is C6H8N2OS. The molecule has 1 rings (SSSR count). The molecule has 0 aromatic carbocycles. The van der Waals surface area contributed by atoms with Crippen molar-refractivity contribution in [3.05, 3.63) is 23.3 Å². The predicted octanol–water partition coefficient (Wildman–Crippen LogP) is 0.511. The van der Waals surface area contributed by atoms with Gasteiger partial charge < -0.3 is 10.5 Å². The molecule has 0 radical (unpaired) electrons. The fraction of sp³-hybridized carbons (Fsp3) is 0.167. The summed E-state index contributed by atoms with van der Waals surface area (Å²) in [6, 6.07) is 0. The van der Waals surface area contributed by atoms with Crippen LogP contribution in [0.1, 0.15) is 6.42 Å². The number of rotatable bonds is 2. The van der Waals surface area contributed by atoms with Gasteiger partial charge in [-0.3, -0.25) is 4.79 Å². The molecule has 0 bridgehead atoms. The fourth-order valence-corrected chi connectivity index (χ4v) is 1.14. The minimum absolute atomic E-state index is 0.289. The number of carbonyl (C=O) groups excluding carboxylic acids is 1. The smallest absolute Gasteiger partial charge is 0.223 e. The van der Waals surface area contributed by atoms with Crippen molar-refractivity contribution in [1.82, 2.24) is 4.72 Å². The van der Waals surface area contributed by atoms with Crippen molar-refractivity contribution in [3.63, 3.8) is 0 Å². The highest BCUT2D eigenvalue weighted by Gasteiger charge is 2.01. The Kier molecular flexibility index (Phi) is 2.39. The summed E-state index contributed by atoms with van der Waals surface area (Å²) in [5, 5.41) is 1.89. The molecule has 3 nitrogen and oxygen atoms in total. The predicted molar refractivity (Wildman–Crippen MR) is 41.8 cm³/mol. The maximum absolute atomic E-state index is 10.4. The van der Waals surface area contributed by atoms with E-state index in [1.807, 2.05) is 17.6 Å². The van der Waals surface area contributed by atoms with Gasteiger partial charge in [0.2, 0.25) is 5.91 Å². The van der Waals surface area contributed by atoms with E-state index in [1.165, 1.54) is 11.9 Å². The number of hydrogen-bond donors (Lipinski definition) is 2. The van der Waals surface area contributed by atoms with Gasteiger partial charge in [0.1, 0.15) is 0 Å². The summed E-state index contributed by atoms with van der Waals surface area (Å²) in [7, 11) is 0. The quantitative estimate of drug-likeness (QED) is 0.573. The van der Waals surface area contributed by atoms with Gasteiger partial charge in [-0.1, -0.05) is 6.08 Å². The molecule has 1 amide bonds. The first-order valence-corrected chi connectivity index (χ1v) is 3.72. The summed E-state index contributed by atoms with van der Waals surface area (Å²) >= 11 is 1.44. The van der Waals surface area contributed by atoms with E-state index in [4.69, 9.17) is 5.73 Å². The Labute approximate surface area is 63.5 Å². The van der Waals surface area contributed by atoms with Gasteiger partial charge >= 0.3 is 0 Å². The summed E-state index contributed by atoms with van der Waals surface area (Å²) < 4.78 is 2.94. The molecule has 1 aliphatic heterocycles. The van der Waals surface area contributed by atoms with E-state index in [0.717, 1.165) is 5.70 Å². The third-order valence-electron chi connectivity index (χ3n) is 0.999. The Balaban J connectivity index is 2.47. The van der Waals surface area contributed by atoms with E-state index < -0.39 is 0 Å². The lowest BCUT2D eigenvalue weighted by Crippen LogP contribution is -2.16. The average molecular weight is 156 g/mol. The van der Waals surface area contributed by atoms with E-state index in [0.29, 0.717) is 0 Å². The number of hydrogen-bond acceptors (Lipinski definition) is 3. The maximum atomic E-state index is 10.4. The molecule has 0 saturated carbocycles. The summed E-state index contributed by atoms with van der Waals surface area (Å²) in [6.45, 7) is 0. The zero-order chi connectivity index (χ0) is 7.40. The van der Waals surface area contributed by atoms with Crippen molar-refractivity contribution in [2.75, 3.05) is 0 Å². The first-order chi connectivity index (χ1) is 4.79. The Morgan fingerprint density at radius 1 is 1.80 bits per heavy atom. The van der Waals surface area contributed by atoms with E-state index in [1.54, 1.807) is 0 Å². The van der Waals surface area contributed by atoms with E-state index in [2.05, 4.69) is 4.72 Å². The molecule has 0 aromatic heterocycles. The van der Waals surface area contributed by atoms with Crippen LogP contribution in [0.5, 0.6) is 0 Å². The molecule has 10 heavy (non-hydrogen) atoms. The summed E-state index contributed by atoms with van der Waals surface area (Å²) in [6.07, 6.45) is 4.00. The Bertz CT molecular complexity index is 198. The van der Waals surface area contributed by atoms with E-state index in [-0.39, 0.29) is 12.3 Å². The van der Waals surface area contributed by atoms with Crippen molar-refractivity contribution in [1.29, 1.82) is 0 Å². The molecule has 3 N–H and O–H groups in total. The monoisotopic (exact) mass is 156 g/mol. The van der Waals surface area contributed by atoms with Crippen LogP contribution in [0.2, 0.25) is 0 Å². The van der Waals surface area contributed by atoms with Gasteiger partial charge in [0.25, 0.3) is 0 Å². The van der Waals surface area contributed by atoms with Crippen LogP contribution in [0.15, 0.2) is 23.3 Å². The van der Waals surface area contributed by atoms with Gasteiger partial charge in [-0.15, -0.1) is 0 Å². The lowest BCUT2D eigenvalue weighted by atomic mass is 10.3. The van der Waals surface area contributed by atoms with Crippen LogP contribution in [0, 0.1) is 0 Å². The Morgan fingerprint density at radius 3 is 3.10 bits per heavy atom. The molecule has 0 unspecified atom stereocenters. The van der Waals surface area contributed by atoms with Crippen LogP contribution in [-0.2, 0) is 4.79 Å². The van der Waals surface area contributed by atoms with Crippen LogP contribution in [0.25, 0.3) is 0 Å². The second-order valence-corrected chi connectivity index (χ2v) is 2.60. The molecule has 1 heterocycles. The van der Waals surface area contributed by atoms with Gasteiger partial charge in [-0.05, 0) is 23.4 Å². The number of amides is 1. The summed E-state index contributed by atoms with van der Waals surface area (Å²) in [5.74, 6) is -0.311. The number of nitrogens with two attached hydrogens (primary N) is 1. The van der Waals surface area contributed by atoms with E-state index in [9.17, 15) is 4.79 Å². The average Bonchev–Trinajstić information content (AvgIpc) is 1.88. The first-order valence-electron chi connectivity index (χ1n) is 2.85. The van der Waals surface area contributed by atoms with Crippen LogP contribution in [0.4, 0.5) is 0 Å². The second kappa shape index (κ2) is 3.31. The largest absolute Gasteiger partial charge is 0.369 e. The molecule has 4 heteroatoms. The van der Waals surface area contributed by atoms with Crippen LogP contribution < -0.4 is 10.5 Å². The number of carbonyl (C=O) groups is 1. The highest BCUT2D eigenvalue weighted by atomic mass is 32.2. The topological polar surface area (TPSA) is 55.1 Å². The van der Waals surface area contributed by atoms with Crippen molar-refractivity contribution < 1.29 is 4.79 Å². The molecule has 0 spiro atoms. The molecular weight excluding hydrogens is 148 g/mol. The highest BCUT2D eigenvalue weighted by molar-refractivity contribution is 8.00. The first kappa shape index (κ1) is 7.21. The van der Waals surface area contributed by atoms with Gasteiger partial charge in [0.15, 0.2) is 0 Å². The second-order valence-electron chi connectivity index (χ2n) is 1.88. The van der Waals surface area contributed by atoms with E-state index >= 15 is 0 Å². The minimum Gasteiger partial charge on any atom is -0.369 e.